The van der Waals surface area contributed by atoms with Gasteiger partial charge in [0.05, 0.1) is 11.6 Å². The largest absolute Gasteiger partial charge is 0.393 e. The predicted molar refractivity (Wildman–Crippen MR) is 85.5 cm³/mol. The molecular formula is C16H22N4O. The third-order valence-electron chi connectivity index (χ3n) is 4.09. The lowest BCUT2D eigenvalue weighted by molar-refractivity contribution is 0.138. The van der Waals surface area contributed by atoms with E-state index in [0.29, 0.717) is 11.9 Å². The number of fused-ring (bicyclic) bond motifs is 1. The highest BCUT2D eigenvalue weighted by Gasteiger charge is 2.25. The third kappa shape index (κ3) is 3.08. The van der Waals surface area contributed by atoms with Crippen LogP contribution in [-0.2, 0) is 0 Å². The first kappa shape index (κ1) is 14.1. The Morgan fingerprint density at radius 1 is 1.19 bits per heavy atom. The van der Waals surface area contributed by atoms with Crippen molar-refractivity contribution in [2.24, 2.45) is 5.92 Å². The van der Waals surface area contributed by atoms with Crippen LogP contribution in [0.2, 0.25) is 0 Å². The molecule has 3 N–H and O–H groups in total. The van der Waals surface area contributed by atoms with Crippen LogP contribution >= 0.6 is 0 Å². The fourth-order valence-electron chi connectivity index (χ4n) is 2.93. The van der Waals surface area contributed by atoms with E-state index in [1.54, 1.807) is 0 Å². The lowest BCUT2D eigenvalue weighted by atomic mass is 10.1. The number of hydrogen-bond acceptors (Lipinski definition) is 5. The van der Waals surface area contributed by atoms with Crippen molar-refractivity contribution in [1.29, 1.82) is 0 Å². The van der Waals surface area contributed by atoms with Gasteiger partial charge in [0.2, 0.25) is 5.95 Å². The summed E-state index contributed by atoms with van der Waals surface area (Å²) in [6.45, 7) is 3.58. The van der Waals surface area contributed by atoms with Crippen LogP contribution in [0.5, 0.6) is 0 Å². The third-order valence-corrected chi connectivity index (χ3v) is 4.09. The topological polar surface area (TPSA) is 70.1 Å². The molecule has 1 saturated carbocycles. The molecule has 1 aliphatic carbocycles. The summed E-state index contributed by atoms with van der Waals surface area (Å²) in [7, 11) is 0. The second kappa shape index (κ2) is 6.26. The Kier molecular flexibility index (Phi) is 4.20. The molecule has 5 nitrogen and oxygen atoms in total. The lowest BCUT2D eigenvalue weighted by Crippen LogP contribution is -2.22. The van der Waals surface area contributed by atoms with Gasteiger partial charge in [-0.2, -0.15) is 4.98 Å². The smallest absolute Gasteiger partial charge is 0.225 e. The van der Waals surface area contributed by atoms with E-state index < -0.39 is 0 Å². The van der Waals surface area contributed by atoms with Gasteiger partial charge >= 0.3 is 0 Å². The minimum absolute atomic E-state index is 0.182. The standard InChI is InChI=1S/C16H22N4O/c1-2-17-16-19-13-8-4-3-7-12(13)15(20-16)18-10-11-6-5-9-14(11)21/h3-4,7-8,11,14,21H,2,5-6,9-10H2,1H3,(H2,17,18,19,20). The van der Waals surface area contributed by atoms with Gasteiger partial charge in [-0.1, -0.05) is 18.6 Å². The second-order valence-corrected chi connectivity index (χ2v) is 5.58. The van der Waals surface area contributed by atoms with Crippen molar-refractivity contribution in [1.82, 2.24) is 9.97 Å². The molecule has 5 heteroatoms. The summed E-state index contributed by atoms with van der Waals surface area (Å²) >= 11 is 0. The molecule has 2 atom stereocenters. The van der Waals surface area contributed by atoms with Crippen molar-refractivity contribution >= 4 is 22.7 Å². The van der Waals surface area contributed by atoms with Crippen molar-refractivity contribution in [2.75, 3.05) is 23.7 Å². The zero-order valence-corrected chi connectivity index (χ0v) is 12.3. The number of aromatic nitrogens is 2. The molecular weight excluding hydrogens is 264 g/mol. The Bertz CT molecular complexity index is 616. The Hall–Kier alpha value is -1.88. The Balaban J connectivity index is 1.85. The highest BCUT2D eigenvalue weighted by atomic mass is 16.3. The molecule has 0 amide bonds. The fourth-order valence-corrected chi connectivity index (χ4v) is 2.93. The second-order valence-electron chi connectivity index (χ2n) is 5.58. The molecule has 0 spiro atoms. The molecule has 21 heavy (non-hydrogen) atoms. The van der Waals surface area contributed by atoms with Gasteiger partial charge in [0, 0.05) is 24.4 Å². The van der Waals surface area contributed by atoms with Crippen molar-refractivity contribution in [3.05, 3.63) is 24.3 Å². The van der Waals surface area contributed by atoms with Gasteiger partial charge in [-0.05, 0) is 31.9 Å². The number of nitrogens with one attached hydrogen (secondary N) is 2. The Labute approximate surface area is 124 Å². The van der Waals surface area contributed by atoms with Gasteiger partial charge in [-0.3, -0.25) is 0 Å². The summed E-state index contributed by atoms with van der Waals surface area (Å²) in [6, 6.07) is 8.00. The Morgan fingerprint density at radius 2 is 2.05 bits per heavy atom. The molecule has 3 rings (SSSR count). The molecule has 1 heterocycles. The molecule has 1 aliphatic rings. The van der Waals surface area contributed by atoms with E-state index in [4.69, 9.17) is 0 Å². The minimum Gasteiger partial charge on any atom is -0.393 e. The van der Waals surface area contributed by atoms with E-state index >= 15 is 0 Å². The molecule has 2 aromatic rings. The van der Waals surface area contributed by atoms with Crippen molar-refractivity contribution in [3.63, 3.8) is 0 Å². The van der Waals surface area contributed by atoms with Crippen LogP contribution in [0.1, 0.15) is 26.2 Å². The molecule has 1 fully saturated rings. The van der Waals surface area contributed by atoms with Gasteiger partial charge in [-0.15, -0.1) is 0 Å². The number of benzene rings is 1. The lowest BCUT2D eigenvalue weighted by Gasteiger charge is -2.17. The van der Waals surface area contributed by atoms with Crippen LogP contribution in [0.15, 0.2) is 24.3 Å². The van der Waals surface area contributed by atoms with Crippen LogP contribution in [0.3, 0.4) is 0 Å². The number of aliphatic hydroxyl groups excluding tert-OH is 1. The SMILES string of the molecule is CCNc1nc(NCC2CCCC2O)c2ccccc2n1. The van der Waals surface area contributed by atoms with Gasteiger partial charge < -0.3 is 15.7 Å². The summed E-state index contributed by atoms with van der Waals surface area (Å²) < 4.78 is 0. The van der Waals surface area contributed by atoms with E-state index in [0.717, 1.165) is 49.1 Å². The number of para-hydroxylation sites is 1. The molecule has 1 aromatic heterocycles. The molecule has 1 aromatic carbocycles. The van der Waals surface area contributed by atoms with Gasteiger partial charge in [0.15, 0.2) is 0 Å². The van der Waals surface area contributed by atoms with E-state index in [-0.39, 0.29) is 6.10 Å². The van der Waals surface area contributed by atoms with Crippen LogP contribution in [0.4, 0.5) is 11.8 Å². The van der Waals surface area contributed by atoms with Crippen molar-refractivity contribution in [3.8, 4) is 0 Å². The zero-order valence-electron chi connectivity index (χ0n) is 12.3. The maximum absolute atomic E-state index is 9.93. The summed E-state index contributed by atoms with van der Waals surface area (Å²) in [5.74, 6) is 1.81. The number of hydrogen-bond donors (Lipinski definition) is 3. The summed E-state index contributed by atoms with van der Waals surface area (Å²) in [6.07, 6.45) is 2.93. The number of anilines is 2. The predicted octanol–water partition coefficient (Wildman–Crippen LogP) is 2.63. The first-order valence-corrected chi connectivity index (χ1v) is 7.70. The average molecular weight is 286 g/mol. The average Bonchev–Trinajstić information content (AvgIpc) is 2.90. The van der Waals surface area contributed by atoms with E-state index in [1.807, 2.05) is 31.2 Å². The molecule has 0 aliphatic heterocycles. The van der Waals surface area contributed by atoms with Crippen LogP contribution in [-0.4, -0.2) is 34.3 Å². The normalized spacial score (nSPS) is 21.6. The fraction of sp³-hybridized carbons (Fsp3) is 0.500. The highest BCUT2D eigenvalue weighted by Crippen LogP contribution is 2.27. The van der Waals surface area contributed by atoms with E-state index in [9.17, 15) is 5.11 Å². The van der Waals surface area contributed by atoms with Crippen LogP contribution in [0.25, 0.3) is 10.9 Å². The maximum Gasteiger partial charge on any atom is 0.225 e. The highest BCUT2D eigenvalue weighted by molar-refractivity contribution is 5.90. The van der Waals surface area contributed by atoms with Gasteiger partial charge in [0.25, 0.3) is 0 Å². The summed E-state index contributed by atoms with van der Waals surface area (Å²) in [5.41, 5.74) is 0.929. The molecule has 0 bridgehead atoms. The zero-order chi connectivity index (χ0) is 14.7. The van der Waals surface area contributed by atoms with Crippen molar-refractivity contribution in [2.45, 2.75) is 32.3 Å². The van der Waals surface area contributed by atoms with Crippen LogP contribution in [0, 0.1) is 5.92 Å². The first-order valence-electron chi connectivity index (χ1n) is 7.70. The van der Waals surface area contributed by atoms with Gasteiger partial charge in [0.1, 0.15) is 5.82 Å². The van der Waals surface area contributed by atoms with E-state index in [1.165, 1.54) is 0 Å². The number of aliphatic hydroxyl groups is 1. The monoisotopic (exact) mass is 286 g/mol. The molecule has 0 radical (unpaired) electrons. The quantitative estimate of drug-likeness (QED) is 0.788. The number of nitrogens with zero attached hydrogens (tertiary/aromatic N) is 2. The summed E-state index contributed by atoms with van der Waals surface area (Å²) in [4.78, 5) is 9.07. The molecule has 112 valence electrons. The molecule has 0 saturated heterocycles. The first-order chi connectivity index (χ1) is 10.3. The molecule has 2 unspecified atom stereocenters. The van der Waals surface area contributed by atoms with Crippen molar-refractivity contribution < 1.29 is 5.11 Å². The van der Waals surface area contributed by atoms with Crippen LogP contribution < -0.4 is 10.6 Å². The Morgan fingerprint density at radius 3 is 2.81 bits per heavy atom. The summed E-state index contributed by atoms with van der Waals surface area (Å²) in [5, 5.41) is 17.5. The van der Waals surface area contributed by atoms with E-state index in [2.05, 4.69) is 20.6 Å². The number of rotatable bonds is 5. The van der Waals surface area contributed by atoms with Gasteiger partial charge in [-0.25, -0.2) is 4.98 Å². The minimum atomic E-state index is -0.182. The maximum atomic E-state index is 9.93.